The zero-order valence-corrected chi connectivity index (χ0v) is 14.9. The molecular formula is C19H14BClN4O2. The fourth-order valence-corrected chi connectivity index (χ4v) is 2.89. The summed E-state index contributed by atoms with van der Waals surface area (Å²) in [6.45, 7) is 0.543. The van der Waals surface area contributed by atoms with Crippen molar-refractivity contribution in [3.63, 3.8) is 0 Å². The first kappa shape index (κ1) is 17.2. The number of phenolic OH excluding ortho intramolecular Hbond substituents is 1. The maximum atomic E-state index is 10.2. The van der Waals surface area contributed by atoms with Crippen LogP contribution < -0.4 is 15.1 Å². The molecule has 0 spiro atoms. The highest BCUT2D eigenvalue weighted by Crippen LogP contribution is 2.29. The van der Waals surface area contributed by atoms with E-state index in [0.29, 0.717) is 40.5 Å². The molecule has 0 aliphatic rings. The van der Waals surface area contributed by atoms with E-state index >= 15 is 0 Å². The SMILES string of the molecule is [B]c1cnn2c(NCc3ccc(OCl)cc3)cc(-c3ccccc3O)nc12. The van der Waals surface area contributed by atoms with Crippen LogP contribution >= 0.6 is 11.9 Å². The lowest BCUT2D eigenvalue weighted by Gasteiger charge is -2.12. The lowest BCUT2D eigenvalue weighted by Crippen LogP contribution is -2.09. The summed E-state index contributed by atoms with van der Waals surface area (Å²) in [5, 5.41) is 17.8. The number of hydrogen-bond donors (Lipinski definition) is 2. The zero-order chi connectivity index (χ0) is 18.8. The molecule has 0 amide bonds. The predicted octanol–water partition coefficient (Wildman–Crippen LogP) is 3.04. The van der Waals surface area contributed by atoms with Gasteiger partial charge in [0.15, 0.2) is 5.65 Å². The molecule has 2 heterocycles. The van der Waals surface area contributed by atoms with Gasteiger partial charge in [-0.05, 0) is 35.3 Å². The molecule has 2 aromatic heterocycles. The number of nitrogens with zero attached hydrogens (tertiary/aromatic N) is 3. The predicted molar refractivity (Wildman–Crippen MR) is 106 cm³/mol. The molecule has 0 atom stereocenters. The second-order valence-electron chi connectivity index (χ2n) is 5.95. The number of halogens is 1. The number of anilines is 1. The van der Waals surface area contributed by atoms with Gasteiger partial charge in [0.1, 0.15) is 37.0 Å². The van der Waals surface area contributed by atoms with Gasteiger partial charge in [-0.15, -0.1) is 0 Å². The molecule has 2 N–H and O–H groups in total. The number of fused-ring (bicyclic) bond motifs is 1. The molecule has 4 rings (SSSR count). The monoisotopic (exact) mass is 376 g/mol. The summed E-state index contributed by atoms with van der Waals surface area (Å²) in [5.41, 5.74) is 3.22. The largest absolute Gasteiger partial charge is 0.507 e. The number of para-hydroxylation sites is 1. The third-order valence-electron chi connectivity index (χ3n) is 4.17. The number of nitrogens with one attached hydrogen (secondary N) is 1. The van der Waals surface area contributed by atoms with Crippen molar-refractivity contribution in [1.82, 2.24) is 14.6 Å². The van der Waals surface area contributed by atoms with Crippen molar-refractivity contribution in [3.8, 4) is 22.8 Å². The summed E-state index contributed by atoms with van der Waals surface area (Å²) >= 11 is 5.34. The van der Waals surface area contributed by atoms with Gasteiger partial charge in [0.05, 0.1) is 5.69 Å². The van der Waals surface area contributed by atoms with E-state index in [1.807, 2.05) is 24.3 Å². The zero-order valence-electron chi connectivity index (χ0n) is 14.1. The van der Waals surface area contributed by atoms with Crippen LogP contribution in [-0.2, 0) is 6.54 Å². The second kappa shape index (κ2) is 7.21. The fourth-order valence-electron chi connectivity index (χ4n) is 2.79. The summed E-state index contributed by atoms with van der Waals surface area (Å²) in [5.74, 6) is 1.43. The Morgan fingerprint density at radius 3 is 2.67 bits per heavy atom. The summed E-state index contributed by atoms with van der Waals surface area (Å²) in [7, 11) is 6.01. The van der Waals surface area contributed by atoms with Gasteiger partial charge >= 0.3 is 0 Å². The first-order valence-corrected chi connectivity index (χ1v) is 8.50. The molecule has 0 bridgehead atoms. The van der Waals surface area contributed by atoms with E-state index in [-0.39, 0.29) is 5.75 Å². The standard InChI is InChI=1S/C19H14BClN4O2/c20-15-11-23-25-18(22-10-12-5-7-13(27-21)8-6-12)9-16(24-19(15)25)14-3-1-2-4-17(14)26/h1-9,11,22,26H,10H2. The third kappa shape index (κ3) is 3.41. The van der Waals surface area contributed by atoms with E-state index in [0.717, 1.165) is 5.56 Å². The molecule has 2 aromatic carbocycles. The first-order chi connectivity index (χ1) is 13.2. The third-order valence-corrected chi connectivity index (χ3v) is 4.34. The van der Waals surface area contributed by atoms with Crippen molar-refractivity contribution in [3.05, 3.63) is 66.4 Å². The molecule has 27 heavy (non-hydrogen) atoms. The van der Waals surface area contributed by atoms with Gasteiger partial charge < -0.3 is 14.7 Å². The van der Waals surface area contributed by atoms with Crippen LogP contribution in [-0.4, -0.2) is 27.6 Å². The Bertz CT molecular complexity index is 1100. The minimum absolute atomic E-state index is 0.148. The average Bonchev–Trinajstić information content (AvgIpc) is 3.08. The van der Waals surface area contributed by atoms with Crippen LogP contribution in [0.4, 0.5) is 5.82 Å². The molecule has 2 radical (unpaired) electrons. The van der Waals surface area contributed by atoms with E-state index < -0.39 is 0 Å². The van der Waals surface area contributed by atoms with Crippen molar-refractivity contribution in [2.75, 3.05) is 5.32 Å². The Labute approximate surface area is 162 Å². The van der Waals surface area contributed by atoms with Crippen LogP contribution in [0, 0.1) is 0 Å². The van der Waals surface area contributed by atoms with E-state index in [4.69, 9.17) is 19.7 Å². The molecule has 0 aliphatic heterocycles. The molecule has 132 valence electrons. The number of rotatable bonds is 5. The minimum atomic E-state index is 0.148. The Morgan fingerprint density at radius 2 is 1.93 bits per heavy atom. The molecule has 0 fully saturated rings. The van der Waals surface area contributed by atoms with Crippen LogP contribution in [0.1, 0.15) is 5.56 Å². The highest BCUT2D eigenvalue weighted by atomic mass is 35.5. The quantitative estimate of drug-likeness (QED) is 0.524. The van der Waals surface area contributed by atoms with Gasteiger partial charge in [0.2, 0.25) is 0 Å². The number of benzene rings is 2. The maximum Gasteiger partial charge on any atom is 0.150 e. The van der Waals surface area contributed by atoms with Crippen molar-refractivity contribution in [2.45, 2.75) is 6.54 Å². The Kier molecular flexibility index (Phi) is 4.60. The summed E-state index contributed by atoms with van der Waals surface area (Å²) in [6.07, 6.45) is 1.55. The molecule has 4 aromatic rings. The van der Waals surface area contributed by atoms with Crippen LogP contribution in [0.25, 0.3) is 16.9 Å². The summed E-state index contributed by atoms with van der Waals surface area (Å²) in [6, 6.07) is 16.2. The van der Waals surface area contributed by atoms with Gasteiger partial charge in [-0.1, -0.05) is 24.3 Å². The molecule has 6 nitrogen and oxygen atoms in total. The normalized spacial score (nSPS) is 10.9. The van der Waals surface area contributed by atoms with E-state index in [9.17, 15) is 5.11 Å². The van der Waals surface area contributed by atoms with Crippen molar-refractivity contribution >= 4 is 36.6 Å². The molecule has 0 aliphatic carbocycles. The summed E-state index contributed by atoms with van der Waals surface area (Å²) < 4.78 is 6.29. The van der Waals surface area contributed by atoms with E-state index in [1.165, 1.54) is 0 Å². The lowest BCUT2D eigenvalue weighted by atomic mass is 10.0. The lowest BCUT2D eigenvalue weighted by molar-refractivity contribution is 0.477. The van der Waals surface area contributed by atoms with Gasteiger partial charge in [-0.3, -0.25) is 0 Å². The van der Waals surface area contributed by atoms with Crippen molar-refractivity contribution in [2.24, 2.45) is 0 Å². The van der Waals surface area contributed by atoms with Crippen LogP contribution in [0.15, 0.2) is 60.8 Å². The number of phenols is 1. The number of aromatic hydroxyl groups is 1. The Balaban J connectivity index is 1.71. The van der Waals surface area contributed by atoms with Crippen LogP contribution in [0.5, 0.6) is 11.5 Å². The Morgan fingerprint density at radius 1 is 1.15 bits per heavy atom. The van der Waals surface area contributed by atoms with Crippen molar-refractivity contribution in [1.29, 1.82) is 0 Å². The smallest absolute Gasteiger partial charge is 0.150 e. The maximum absolute atomic E-state index is 10.2. The first-order valence-electron chi connectivity index (χ1n) is 8.20. The molecule has 0 saturated heterocycles. The van der Waals surface area contributed by atoms with Gasteiger partial charge in [0.25, 0.3) is 0 Å². The van der Waals surface area contributed by atoms with E-state index in [2.05, 4.69) is 19.7 Å². The van der Waals surface area contributed by atoms with Gasteiger partial charge in [0, 0.05) is 24.4 Å². The van der Waals surface area contributed by atoms with Gasteiger partial charge in [-0.2, -0.15) is 9.61 Å². The number of hydrogen-bond acceptors (Lipinski definition) is 5. The Hall–Kier alpha value is -3.19. The highest BCUT2D eigenvalue weighted by Gasteiger charge is 2.12. The van der Waals surface area contributed by atoms with Crippen LogP contribution in [0.2, 0.25) is 0 Å². The molecule has 8 heteroatoms. The topological polar surface area (TPSA) is 71.7 Å². The average molecular weight is 377 g/mol. The molecule has 0 unspecified atom stereocenters. The molecular weight excluding hydrogens is 363 g/mol. The number of aromatic nitrogens is 3. The highest BCUT2D eigenvalue weighted by molar-refractivity contribution is 6.36. The second-order valence-corrected chi connectivity index (χ2v) is 6.11. The van der Waals surface area contributed by atoms with Gasteiger partial charge in [-0.25, -0.2) is 4.98 Å². The summed E-state index contributed by atoms with van der Waals surface area (Å²) in [4.78, 5) is 4.55. The van der Waals surface area contributed by atoms with E-state index in [1.54, 1.807) is 41.0 Å². The minimum Gasteiger partial charge on any atom is -0.507 e. The van der Waals surface area contributed by atoms with Crippen molar-refractivity contribution < 1.29 is 9.40 Å². The van der Waals surface area contributed by atoms with Crippen LogP contribution in [0.3, 0.4) is 0 Å². The fraction of sp³-hybridized carbons (Fsp3) is 0.0526. The molecule has 0 saturated carbocycles.